The zero-order valence-corrected chi connectivity index (χ0v) is 12.2. The minimum Gasteiger partial charge on any atom is -0.192 e. The van der Waals surface area contributed by atoms with E-state index in [4.69, 9.17) is 10.5 Å². The van der Waals surface area contributed by atoms with E-state index in [9.17, 15) is 0 Å². The summed E-state index contributed by atoms with van der Waals surface area (Å²) in [4.78, 5) is 0. The second-order valence-corrected chi connectivity index (χ2v) is 5.17. The monoisotopic (exact) mass is 254 g/mol. The Morgan fingerprint density at radius 2 is 1.74 bits per heavy atom. The number of benzene rings is 1. The quantitative estimate of drug-likeness (QED) is 0.750. The smallest absolute Gasteiger partial charge is 0.101 e. The number of rotatable bonds is 6. The van der Waals surface area contributed by atoms with E-state index in [1.165, 1.54) is 31.2 Å². The molecule has 0 aliphatic heterocycles. The van der Waals surface area contributed by atoms with Crippen molar-refractivity contribution in [1.82, 2.24) is 0 Å². The van der Waals surface area contributed by atoms with Crippen LogP contribution in [0.3, 0.4) is 0 Å². The van der Waals surface area contributed by atoms with Gasteiger partial charge in [0.2, 0.25) is 0 Å². The van der Waals surface area contributed by atoms with Crippen molar-refractivity contribution in [2.45, 2.75) is 52.9 Å². The van der Waals surface area contributed by atoms with Gasteiger partial charge in [-0.15, -0.1) is 0 Å². The van der Waals surface area contributed by atoms with Crippen LogP contribution in [0.25, 0.3) is 0 Å². The summed E-state index contributed by atoms with van der Waals surface area (Å²) in [6.07, 6.45) is 5.92. The lowest BCUT2D eigenvalue weighted by atomic mass is 9.88. The van der Waals surface area contributed by atoms with Gasteiger partial charge in [0.05, 0.1) is 11.1 Å². The van der Waals surface area contributed by atoms with Crippen molar-refractivity contribution in [3.05, 3.63) is 34.4 Å². The van der Waals surface area contributed by atoms with E-state index in [1.54, 1.807) is 0 Å². The standard InChI is InChI=1S/C17H22N2/c1-4-6-7-14(5-2)9-15-10-17(12-19)16(11-18)8-13(15)3/h8,10,14H,4-7,9H2,1-3H3. The average molecular weight is 254 g/mol. The van der Waals surface area contributed by atoms with Gasteiger partial charge in [0, 0.05) is 0 Å². The van der Waals surface area contributed by atoms with Crippen LogP contribution in [0.1, 0.15) is 61.8 Å². The molecule has 0 fully saturated rings. The number of hydrogen-bond donors (Lipinski definition) is 0. The van der Waals surface area contributed by atoms with Crippen molar-refractivity contribution >= 4 is 0 Å². The maximum Gasteiger partial charge on any atom is 0.101 e. The summed E-state index contributed by atoms with van der Waals surface area (Å²) in [5.41, 5.74) is 3.35. The predicted molar refractivity (Wildman–Crippen MR) is 77.6 cm³/mol. The Balaban J connectivity index is 2.95. The summed E-state index contributed by atoms with van der Waals surface area (Å²) >= 11 is 0. The Morgan fingerprint density at radius 3 is 2.26 bits per heavy atom. The summed E-state index contributed by atoms with van der Waals surface area (Å²) in [6, 6.07) is 7.97. The highest BCUT2D eigenvalue weighted by molar-refractivity contribution is 5.50. The van der Waals surface area contributed by atoms with Gasteiger partial charge in [-0.1, -0.05) is 39.5 Å². The lowest BCUT2D eigenvalue weighted by Gasteiger charge is -2.16. The summed E-state index contributed by atoms with van der Waals surface area (Å²) in [7, 11) is 0. The molecule has 1 rings (SSSR count). The molecule has 0 aromatic heterocycles. The number of aryl methyl sites for hydroxylation is 1. The molecular weight excluding hydrogens is 232 g/mol. The minimum atomic E-state index is 0.491. The van der Waals surface area contributed by atoms with Crippen molar-refractivity contribution in [1.29, 1.82) is 10.5 Å². The third-order valence-electron chi connectivity index (χ3n) is 3.77. The van der Waals surface area contributed by atoms with Gasteiger partial charge in [0.15, 0.2) is 0 Å². The summed E-state index contributed by atoms with van der Waals surface area (Å²) in [5.74, 6) is 0.679. The Labute approximate surface area is 116 Å². The third kappa shape index (κ3) is 4.11. The Bertz CT molecular complexity index is 503. The molecular formula is C17H22N2. The van der Waals surface area contributed by atoms with Crippen LogP contribution in [0.4, 0.5) is 0 Å². The van der Waals surface area contributed by atoms with Gasteiger partial charge in [-0.2, -0.15) is 10.5 Å². The van der Waals surface area contributed by atoms with Crippen LogP contribution in [0, 0.1) is 35.5 Å². The van der Waals surface area contributed by atoms with Crippen molar-refractivity contribution in [2.24, 2.45) is 5.92 Å². The van der Waals surface area contributed by atoms with E-state index in [-0.39, 0.29) is 0 Å². The zero-order valence-electron chi connectivity index (χ0n) is 12.2. The van der Waals surface area contributed by atoms with Gasteiger partial charge >= 0.3 is 0 Å². The van der Waals surface area contributed by atoms with E-state index in [1.807, 2.05) is 19.1 Å². The molecule has 1 aromatic rings. The van der Waals surface area contributed by atoms with Crippen LogP contribution < -0.4 is 0 Å². The van der Waals surface area contributed by atoms with Crippen molar-refractivity contribution in [2.75, 3.05) is 0 Å². The fourth-order valence-electron chi connectivity index (χ4n) is 2.41. The number of nitrogens with zero attached hydrogens (tertiary/aromatic N) is 2. The molecule has 0 radical (unpaired) electrons. The van der Waals surface area contributed by atoms with Crippen molar-refractivity contribution in [3.8, 4) is 12.1 Å². The van der Waals surface area contributed by atoms with Crippen LogP contribution in [0.15, 0.2) is 12.1 Å². The SMILES string of the molecule is CCCCC(CC)Cc1cc(C#N)c(C#N)cc1C. The first kappa shape index (κ1) is 15.3. The normalized spacial score (nSPS) is 11.6. The first-order valence-corrected chi connectivity index (χ1v) is 7.09. The molecule has 0 heterocycles. The molecule has 0 bridgehead atoms. The largest absolute Gasteiger partial charge is 0.192 e. The van der Waals surface area contributed by atoms with Crippen LogP contribution >= 0.6 is 0 Å². The Morgan fingerprint density at radius 1 is 1.11 bits per heavy atom. The Hall–Kier alpha value is -1.80. The van der Waals surface area contributed by atoms with E-state index >= 15 is 0 Å². The van der Waals surface area contributed by atoms with Gasteiger partial charge < -0.3 is 0 Å². The van der Waals surface area contributed by atoms with Crippen molar-refractivity contribution in [3.63, 3.8) is 0 Å². The van der Waals surface area contributed by atoms with Crippen LogP contribution in [-0.4, -0.2) is 0 Å². The van der Waals surface area contributed by atoms with E-state index in [0.29, 0.717) is 17.0 Å². The number of nitriles is 2. The van der Waals surface area contributed by atoms with Gasteiger partial charge in [0.1, 0.15) is 12.1 Å². The van der Waals surface area contributed by atoms with Gasteiger partial charge in [-0.05, 0) is 42.5 Å². The molecule has 0 amide bonds. The molecule has 1 atom stereocenters. The van der Waals surface area contributed by atoms with E-state index in [0.717, 1.165) is 12.0 Å². The molecule has 0 spiro atoms. The molecule has 0 N–H and O–H groups in total. The highest BCUT2D eigenvalue weighted by Gasteiger charge is 2.12. The van der Waals surface area contributed by atoms with Crippen LogP contribution in [0.2, 0.25) is 0 Å². The van der Waals surface area contributed by atoms with Gasteiger partial charge in [0.25, 0.3) is 0 Å². The second kappa shape index (κ2) is 7.59. The van der Waals surface area contributed by atoms with Crippen LogP contribution in [0.5, 0.6) is 0 Å². The lowest BCUT2D eigenvalue weighted by Crippen LogP contribution is -2.05. The predicted octanol–water partition coefficient (Wildman–Crippen LogP) is 4.50. The molecule has 19 heavy (non-hydrogen) atoms. The minimum absolute atomic E-state index is 0.491. The Kier molecular flexibility index (Phi) is 6.10. The molecule has 2 nitrogen and oxygen atoms in total. The van der Waals surface area contributed by atoms with Crippen LogP contribution in [-0.2, 0) is 6.42 Å². The molecule has 0 aliphatic rings. The maximum atomic E-state index is 9.10. The molecule has 100 valence electrons. The maximum absolute atomic E-state index is 9.10. The summed E-state index contributed by atoms with van der Waals surface area (Å²) in [5, 5.41) is 18.1. The molecule has 2 heteroatoms. The summed E-state index contributed by atoms with van der Waals surface area (Å²) in [6.45, 7) is 6.47. The molecule has 1 unspecified atom stereocenters. The zero-order chi connectivity index (χ0) is 14.3. The third-order valence-corrected chi connectivity index (χ3v) is 3.77. The summed E-state index contributed by atoms with van der Waals surface area (Å²) < 4.78 is 0. The highest BCUT2D eigenvalue weighted by Crippen LogP contribution is 2.23. The van der Waals surface area contributed by atoms with Gasteiger partial charge in [-0.3, -0.25) is 0 Å². The molecule has 1 aromatic carbocycles. The van der Waals surface area contributed by atoms with Gasteiger partial charge in [-0.25, -0.2) is 0 Å². The number of unbranched alkanes of at least 4 members (excludes halogenated alkanes) is 1. The highest BCUT2D eigenvalue weighted by atomic mass is 14.3. The van der Waals surface area contributed by atoms with E-state index < -0.39 is 0 Å². The molecule has 0 saturated carbocycles. The lowest BCUT2D eigenvalue weighted by molar-refractivity contribution is 0.448. The van der Waals surface area contributed by atoms with E-state index in [2.05, 4.69) is 26.0 Å². The van der Waals surface area contributed by atoms with Crippen molar-refractivity contribution < 1.29 is 0 Å². The fourth-order valence-corrected chi connectivity index (χ4v) is 2.41. The molecule has 0 saturated heterocycles. The fraction of sp³-hybridized carbons (Fsp3) is 0.529. The second-order valence-electron chi connectivity index (χ2n) is 5.17. The first-order valence-electron chi connectivity index (χ1n) is 7.09. The topological polar surface area (TPSA) is 47.6 Å². The first-order chi connectivity index (χ1) is 9.15. The average Bonchev–Trinajstić information content (AvgIpc) is 2.44. The number of hydrogen-bond acceptors (Lipinski definition) is 2. The molecule has 0 aliphatic carbocycles.